The normalized spacial score (nSPS) is 14.1. The van der Waals surface area contributed by atoms with E-state index < -0.39 is 11.9 Å². The Labute approximate surface area is 220 Å². The number of hydrogen-bond acceptors (Lipinski definition) is 7. The first-order valence-corrected chi connectivity index (χ1v) is 11.9. The van der Waals surface area contributed by atoms with E-state index in [1.54, 1.807) is 42.5 Å². The third-order valence-corrected chi connectivity index (χ3v) is 6.17. The van der Waals surface area contributed by atoms with Crippen LogP contribution >= 0.6 is 0 Å². The van der Waals surface area contributed by atoms with Crippen LogP contribution in [0.25, 0.3) is 0 Å². The number of nitrogens with zero attached hydrogens (tertiary/aromatic N) is 1. The molecule has 1 aliphatic rings. The summed E-state index contributed by atoms with van der Waals surface area (Å²) in [4.78, 5) is 12.7. The van der Waals surface area contributed by atoms with Crippen LogP contribution in [0.3, 0.4) is 0 Å². The van der Waals surface area contributed by atoms with Gasteiger partial charge in [-0.3, -0.25) is 0 Å². The number of methoxy groups -OCH3 is 1. The minimum Gasteiger partial charge on any atom is -0.497 e. The maximum absolute atomic E-state index is 12.7. The third kappa shape index (κ3) is 5.15. The van der Waals surface area contributed by atoms with Gasteiger partial charge in [0.05, 0.1) is 18.6 Å². The van der Waals surface area contributed by atoms with Crippen molar-refractivity contribution < 1.29 is 23.7 Å². The van der Waals surface area contributed by atoms with Crippen LogP contribution in [0.1, 0.15) is 33.0 Å². The Kier molecular flexibility index (Phi) is 6.96. The molecule has 7 nitrogen and oxygen atoms in total. The molecule has 1 unspecified atom stereocenters. The molecule has 1 atom stereocenters. The number of carbonyl (C=O) groups excluding carboxylic acids is 1. The second-order valence-electron chi connectivity index (χ2n) is 8.59. The number of hydrogen-bond donors (Lipinski definition) is 1. The summed E-state index contributed by atoms with van der Waals surface area (Å²) in [5, 5.41) is 9.85. The number of benzene rings is 4. The van der Waals surface area contributed by atoms with E-state index >= 15 is 0 Å². The van der Waals surface area contributed by atoms with E-state index in [-0.39, 0.29) is 11.6 Å². The Bertz CT molecular complexity index is 1540. The molecule has 188 valence electrons. The molecule has 1 heterocycles. The molecule has 1 aliphatic heterocycles. The number of carbonyl (C=O) groups is 1. The van der Waals surface area contributed by atoms with Gasteiger partial charge in [-0.2, -0.15) is 5.26 Å². The molecule has 0 aromatic heterocycles. The molecule has 0 amide bonds. The summed E-state index contributed by atoms with van der Waals surface area (Å²) < 4.78 is 22.4. The topological polar surface area (TPSA) is 104 Å². The monoisotopic (exact) mass is 504 g/mol. The highest BCUT2D eigenvalue weighted by atomic mass is 16.5. The van der Waals surface area contributed by atoms with Crippen molar-refractivity contribution in [2.75, 3.05) is 7.11 Å². The fourth-order valence-electron chi connectivity index (χ4n) is 4.26. The van der Waals surface area contributed by atoms with Crippen molar-refractivity contribution in [3.05, 3.63) is 131 Å². The van der Waals surface area contributed by atoms with Crippen LogP contribution in [0.5, 0.6) is 23.0 Å². The van der Waals surface area contributed by atoms with Crippen LogP contribution in [0.2, 0.25) is 0 Å². The average molecular weight is 505 g/mol. The second-order valence-corrected chi connectivity index (χ2v) is 8.59. The highest BCUT2D eigenvalue weighted by Crippen LogP contribution is 2.43. The van der Waals surface area contributed by atoms with E-state index in [1.807, 2.05) is 54.6 Å². The van der Waals surface area contributed by atoms with Crippen LogP contribution in [-0.4, -0.2) is 13.1 Å². The molecule has 0 aliphatic carbocycles. The van der Waals surface area contributed by atoms with Gasteiger partial charge >= 0.3 is 5.97 Å². The number of allylic oxidation sites excluding steroid dienone is 1. The van der Waals surface area contributed by atoms with Crippen molar-refractivity contribution in [2.24, 2.45) is 5.73 Å². The Balaban J connectivity index is 1.38. The zero-order chi connectivity index (χ0) is 26.5. The molecule has 0 saturated carbocycles. The molecule has 0 radical (unpaired) electrons. The predicted octanol–water partition coefficient (Wildman–Crippen LogP) is 5.71. The zero-order valence-electron chi connectivity index (χ0n) is 20.6. The van der Waals surface area contributed by atoms with Crippen molar-refractivity contribution in [1.29, 1.82) is 5.26 Å². The van der Waals surface area contributed by atoms with E-state index in [2.05, 4.69) is 6.07 Å². The zero-order valence-corrected chi connectivity index (χ0v) is 20.6. The van der Waals surface area contributed by atoms with Gasteiger partial charge in [0, 0.05) is 11.6 Å². The minimum atomic E-state index is -0.538. The first-order valence-electron chi connectivity index (χ1n) is 11.9. The van der Waals surface area contributed by atoms with Gasteiger partial charge in [-0.25, -0.2) is 4.79 Å². The van der Waals surface area contributed by atoms with Gasteiger partial charge < -0.3 is 24.7 Å². The van der Waals surface area contributed by atoms with Crippen LogP contribution in [0.4, 0.5) is 0 Å². The Morgan fingerprint density at radius 3 is 2.42 bits per heavy atom. The average Bonchev–Trinajstić information content (AvgIpc) is 2.96. The highest BCUT2D eigenvalue weighted by molar-refractivity contribution is 5.91. The fourth-order valence-corrected chi connectivity index (χ4v) is 4.26. The van der Waals surface area contributed by atoms with E-state index in [1.165, 1.54) is 7.11 Å². The van der Waals surface area contributed by atoms with Crippen LogP contribution in [-0.2, 0) is 6.61 Å². The molecular weight excluding hydrogens is 480 g/mol. The molecule has 7 heteroatoms. The lowest BCUT2D eigenvalue weighted by Gasteiger charge is -2.26. The van der Waals surface area contributed by atoms with E-state index in [4.69, 9.17) is 24.7 Å². The van der Waals surface area contributed by atoms with Gasteiger partial charge in [-0.05, 0) is 47.5 Å². The molecule has 0 saturated heterocycles. The highest BCUT2D eigenvalue weighted by Gasteiger charge is 2.31. The lowest BCUT2D eigenvalue weighted by molar-refractivity contribution is 0.0734. The van der Waals surface area contributed by atoms with Gasteiger partial charge in [0.25, 0.3) is 0 Å². The Morgan fingerprint density at radius 2 is 1.68 bits per heavy atom. The smallest absolute Gasteiger partial charge is 0.343 e. The standard InChI is InChI=1S/C31H24N2O5/c1-35-24-9-5-8-22(16-24)31(34)37-25-14-15-26-28(17-25)38-30(33)27(18-32)29(26)21-10-12-23(13-11-21)36-19-20-6-3-2-4-7-20/h2-17,29H,19,33H2,1H3. The van der Waals surface area contributed by atoms with Crippen molar-refractivity contribution >= 4 is 5.97 Å². The van der Waals surface area contributed by atoms with Gasteiger partial charge in [-0.15, -0.1) is 0 Å². The molecule has 38 heavy (non-hydrogen) atoms. The molecule has 4 aromatic rings. The number of rotatable bonds is 7. The lowest BCUT2D eigenvalue weighted by Crippen LogP contribution is -2.21. The molecule has 5 rings (SSSR count). The van der Waals surface area contributed by atoms with Gasteiger partial charge in [0.2, 0.25) is 5.88 Å². The molecule has 0 spiro atoms. The maximum Gasteiger partial charge on any atom is 0.343 e. The largest absolute Gasteiger partial charge is 0.497 e. The Hall–Kier alpha value is -5.22. The maximum atomic E-state index is 12.7. The SMILES string of the molecule is COc1cccc(C(=O)Oc2ccc3c(c2)OC(N)=C(C#N)C3c2ccc(OCc3ccccc3)cc2)c1. The summed E-state index contributed by atoms with van der Waals surface area (Å²) in [6.07, 6.45) is 0. The summed E-state index contributed by atoms with van der Waals surface area (Å²) in [5.74, 6) is 0.971. The summed E-state index contributed by atoms with van der Waals surface area (Å²) in [5.41, 5.74) is 9.44. The minimum absolute atomic E-state index is 0.00526. The number of nitriles is 1. The van der Waals surface area contributed by atoms with Crippen molar-refractivity contribution in [1.82, 2.24) is 0 Å². The third-order valence-electron chi connectivity index (χ3n) is 6.17. The first kappa shape index (κ1) is 24.5. The predicted molar refractivity (Wildman–Crippen MR) is 141 cm³/mol. The van der Waals surface area contributed by atoms with Gasteiger partial charge in [0.1, 0.15) is 41.2 Å². The number of esters is 1. The molecule has 4 aromatic carbocycles. The Morgan fingerprint density at radius 1 is 0.921 bits per heavy atom. The quantitative estimate of drug-likeness (QED) is 0.254. The molecule has 2 N–H and O–H groups in total. The van der Waals surface area contributed by atoms with Gasteiger partial charge in [0.15, 0.2) is 0 Å². The summed E-state index contributed by atoms with van der Waals surface area (Å²) in [6.45, 7) is 0.452. The first-order chi connectivity index (χ1) is 18.6. The van der Waals surface area contributed by atoms with Crippen LogP contribution < -0.4 is 24.7 Å². The number of nitrogens with two attached hydrogens (primary N) is 1. The van der Waals surface area contributed by atoms with Crippen molar-refractivity contribution in [3.63, 3.8) is 0 Å². The number of ether oxygens (including phenoxy) is 4. The van der Waals surface area contributed by atoms with Crippen molar-refractivity contribution in [3.8, 4) is 29.1 Å². The van der Waals surface area contributed by atoms with E-state index in [0.717, 1.165) is 16.7 Å². The summed E-state index contributed by atoms with van der Waals surface area (Å²) in [7, 11) is 1.53. The van der Waals surface area contributed by atoms with E-state index in [9.17, 15) is 10.1 Å². The van der Waals surface area contributed by atoms with Crippen LogP contribution in [0.15, 0.2) is 109 Å². The van der Waals surface area contributed by atoms with Crippen molar-refractivity contribution in [2.45, 2.75) is 12.5 Å². The summed E-state index contributed by atoms with van der Waals surface area (Å²) in [6, 6.07) is 31.4. The fraction of sp³-hybridized carbons (Fsp3) is 0.0968. The molecule has 0 fully saturated rings. The van der Waals surface area contributed by atoms with Crippen LogP contribution in [0, 0.1) is 11.3 Å². The lowest BCUT2D eigenvalue weighted by atomic mass is 9.83. The number of fused-ring (bicyclic) bond motifs is 1. The van der Waals surface area contributed by atoms with Gasteiger partial charge in [-0.1, -0.05) is 54.6 Å². The molecule has 0 bridgehead atoms. The summed E-state index contributed by atoms with van der Waals surface area (Å²) >= 11 is 0. The molecular formula is C31H24N2O5. The van der Waals surface area contributed by atoms with E-state index in [0.29, 0.717) is 35.0 Å². The second kappa shape index (κ2) is 10.8.